The highest BCUT2D eigenvalue weighted by Crippen LogP contribution is 2.38. The zero-order valence-electron chi connectivity index (χ0n) is 13.1. The smallest absolute Gasteiger partial charge is 0.184 e. The number of rotatable bonds is 2. The van der Waals surface area contributed by atoms with Crippen LogP contribution in [0.25, 0.3) is 38.2 Å². The lowest BCUT2D eigenvalue weighted by Crippen LogP contribution is -2.03. The third-order valence-corrected chi connectivity index (χ3v) is 5.21. The highest BCUT2D eigenvalue weighted by atomic mass is 32.1. The lowest BCUT2D eigenvalue weighted by Gasteiger charge is -2.11. The van der Waals surface area contributed by atoms with Crippen LogP contribution in [0.5, 0.6) is 0 Å². The van der Waals surface area contributed by atoms with Crippen LogP contribution < -0.4 is 5.73 Å². The number of aromatic nitrogens is 7. The van der Waals surface area contributed by atoms with Crippen LogP contribution in [0, 0.1) is 6.92 Å². The SMILES string of the molecule is Cc1ccc2ccsc2c1-c1cnc2c(-c3nnn[nH]3)cnn2c1N. The van der Waals surface area contributed by atoms with Gasteiger partial charge >= 0.3 is 0 Å². The van der Waals surface area contributed by atoms with Crippen molar-refractivity contribution < 1.29 is 0 Å². The first-order chi connectivity index (χ1) is 12.2. The van der Waals surface area contributed by atoms with Gasteiger partial charge < -0.3 is 5.73 Å². The van der Waals surface area contributed by atoms with Crippen molar-refractivity contribution in [1.29, 1.82) is 0 Å². The molecule has 1 aromatic carbocycles. The minimum atomic E-state index is 0.506. The summed E-state index contributed by atoms with van der Waals surface area (Å²) in [5.41, 5.74) is 10.9. The number of hydrogen-bond acceptors (Lipinski definition) is 7. The Hall–Kier alpha value is -3.33. The molecule has 5 rings (SSSR count). The van der Waals surface area contributed by atoms with Crippen LogP contribution in [0.4, 0.5) is 5.82 Å². The highest BCUT2D eigenvalue weighted by Gasteiger charge is 2.18. The summed E-state index contributed by atoms with van der Waals surface area (Å²) in [5, 5.41) is 21.5. The van der Waals surface area contributed by atoms with Gasteiger partial charge in [0.1, 0.15) is 5.82 Å². The number of anilines is 1. The van der Waals surface area contributed by atoms with Gasteiger partial charge in [-0.3, -0.25) is 0 Å². The lowest BCUT2D eigenvalue weighted by atomic mass is 10.0. The van der Waals surface area contributed by atoms with Gasteiger partial charge in [-0.15, -0.1) is 16.4 Å². The molecule has 0 atom stereocenters. The Balaban J connectivity index is 1.79. The minimum absolute atomic E-state index is 0.506. The van der Waals surface area contributed by atoms with Crippen molar-refractivity contribution in [3.05, 3.63) is 41.5 Å². The first-order valence-corrected chi connectivity index (χ1v) is 8.45. The van der Waals surface area contributed by atoms with Crippen molar-refractivity contribution in [2.24, 2.45) is 0 Å². The van der Waals surface area contributed by atoms with Crippen LogP contribution in [-0.2, 0) is 0 Å². The second kappa shape index (κ2) is 5.08. The molecule has 0 radical (unpaired) electrons. The number of thiophene rings is 1. The van der Waals surface area contributed by atoms with Gasteiger partial charge in [0.2, 0.25) is 0 Å². The summed E-state index contributed by atoms with van der Waals surface area (Å²) >= 11 is 1.70. The summed E-state index contributed by atoms with van der Waals surface area (Å²) in [6, 6.07) is 6.33. The monoisotopic (exact) mass is 348 g/mol. The van der Waals surface area contributed by atoms with E-state index in [2.05, 4.69) is 61.2 Å². The molecule has 25 heavy (non-hydrogen) atoms. The fourth-order valence-electron chi connectivity index (χ4n) is 3.05. The number of hydrogen-bond donors (Lipinski definition) is 2. The van der Waals surface area contributed by atoms with E-state index >= 15 is 0 Å². The van der Waals surface area contributed by atoms with E-state index in [1.165, 1.54) is 10.1 Å². The van der Waals surface area contributed by atoms with Gasteiger partial charge in [0.05, 0.1) is 11.8 Å². The fraction of sp³-hybridized carbons (Fsp3) is 0.0625. The maximum atomic E-state index is 6.45. The third-order valence-electron chi connectivity index (χ3n) is 4.26. The zero-order chi connectivity index (χ0) is 17.0. The zero-order valence-corrected chi connectivity index (χ0v) is 13.9. The van der Waals surface area contributed by atoms with Crippen LogP contribution in [0.3, 0.4) is 0 Å². The maximum Gasteiger partial charge on any atom is 0.184 e. The molecule has 0 amide bonds. The minimum Gasteiger partial charge on any atom is -0.383 e. The van der Waals surface area contributed by atoms with Crippen molar-refractivity contribution in [2.45, 2.75) is 6.92 Å². The Kier molecular flexibility index (Phi) is 2.86. The normalized spacial score (nSPS) is 11.6. The molecule has 0 spiro atoms. The quantitative estimate of drug-likeness (QED) is 0.507. The molecule has 3 N–H and O–H groups in total. The summed E-state index contributed by atoms with van der Waals surface area (Å²) in [6.45, 7) is 2.08. The molecule has 0 saturated heterocycles. The van der Waals surface area contributed by atoms with Gasteiger partial charge in [-0.05, 0) is 39.7 Å². The first kappa shape index (κ1) is 14.1. The summed E-state index contributed by atoms with van der Waals surface area (Å²) in [6.07, 6.45) is 3.45. The lowest BCUT2D eigenvalue weighted by molar-refractivity contribution is 0.881. The number of nitrogen functional groups attached to an aromatic ring is 1. The second-order valence-corrected chi connectivity index (χ2v) is 6.61. The molecule has 0 bridgehead atoms. The van der Waals surface area contributed by atoms with E-state index in [9.17, 15) is 0 Å². The number of fused-ring (bicyclic) bond motifs is 2. The van der Waals surface area contributed by atoms with Crippen LogP contribution in [0.1, 0.15) is 5.56 Å². The Morgan fingerprint density at radius 2 is 2.08 bits per heavy atom. The van der Waals surface area contributed by atoms with Gasteiger partial charge in [-0.1, -0.05) is 12.1 Å². The molecule has 0 saturated carbocycles. The Labute approximate surface area is 145 Å². The van der Waals surface area contributed by atoms with Crippen molar-refractivity contribution in [2.75, 3.05) is 5.73 Å². The van der Waals surface area contributed by atoms with Gasteiger partial charge in [0.25, 0.3) is 0 Å². The first-order valence-electron chi connectivity index (χ1n) is 7.57. The summed E-state index contributed by atoms with van der Waals surface area (Å²) < 4.78 is 2.82. The molecule has 4 heterocycles. The van der Waals surface area contributed by atoms with Crippen LogP contribution in [-0.4, -0.2) is 35.2 Å². The maximum absolute atomic E-state index is 6.45. The number of nitrogens with one attached hydrogen (secondary N) is 1. The van der Waals surface area contributed by atoms with Crippen molar-refractivity contribution in [1.82, 2.24) is 35.2 Å². The number of H-pyrrole nitrogens is 1. The molecule has 0 aliphatic rings. The third kappa shape index (κ3) is 1.96. The number of benzene rings is 1. The van der Waals surface area contributed by atoms with Crippen LogP contribution in [0.2, 0.25) is 0 Å². The number of aromatic amines is 1. The van der Waals surface area contributed by atoms with Crippen molar-refractivity contribution in [3.8, 4) is 22.5 Å². The predicted molar refractivity (Wildman–Crippen MR) is 96.1 cm³/mol. The van der Waals surface area contributed by atoms with E-state index in [-0.39, 0.29) is 0 Å². The van der Waals surface area contributed by atoms with Crippen LogP contribution in [0.15, 0.2) is 36.0 Å². The standard InChI is InChI=1S/C16H12N8S/c1-8-2-3-9-4-5-25-13(9)12(8)10-6-18-16-11(15-20-22-23-21-15)7-19-24(16)14(10)17/h2-7H,17H2,1H3,(H,20,21,22,23). The van der Waals surface area contributed by atoms with Crippen molar-refractivity contribution >= 4 is 32.9 Å². The Morgan fingerprint density at radius 1 is 1.16 bits per heavy atom. The fourth-order valence-corrected chi connectivity index (χ4v) is 4.06. The van der Waals surface area contributed by atoms with Crippen LogP contribution >= 0.6 is 11.3 Å². The Bertz CT molecular complexity index is 1220. The summed E-state index contributed by atoms with van der Waals surface area (Å²) in [4.78, 5) is 4.58. The molecule has 8 nitrogen and oxygen atoms in total. The summed E-state index contributed by atoms with van der Waals surface area (Å²) in [7, 11) is 0. The van der Waals surface area contributed by atoms with E-state index in [1.54, 1.807) is 28.2 Å². The molecule has 0 fully saturated rings. The average Bonchev–Trinajstić information content (AvgIpc) is 3.35. The molecule has 4 aromatic heterocycles. The molecule has 9 heteroatoms. The van der Waals surface area contributed by atoms with Gasteiger partial charge in [-0.25, -0.2) is 10.1 Å². The number of tetrazole rings is 1. The van der Waals surface area contributed by atoms with Crippen molar-refractivity contribution in [3.63, 3.8) is 0 Å². The molecule has 0 aliphatic carbocycles. The van der Waals surface area contributed by atoms with Gasteiger partial charge in [0.15, 0.2) is 11.5 Å². The molecule has 5 aromatic rings. The topological polar surface area (TPSA) is 111 Å². The Morgan fingerprint density at radius 3 is 2.92 bits per heavy atom. The number of nitrogens with two attached hydrogens (primary N) is 1. The molecular formula is C16H12N8S. The second-order valence-electron chi connectivity index (χ2n) is 5.70. The van der Waals surface area contributed by atoms with Gasteiger partial charge in [0, 0.05) is 22.0 Å². The average molecular weight is 348 g/mol. The number of nitrogens with zero attached hydrogens (tertiary/aromatic N) is 6. The molecule has 122 valence electrons. The van der Waals surface area contributed by atoms with E-state index < -0.39 is 0 Å². The number of aryl methyl sites for hydroxylation is 1. The molecule has 0 unspecified atom stereocenters. The van der Waals surface area contributed by atoms with E-state index in [4.69, 9.17) is 5.73 Å². The molecular weight excluding hydrogens is 336 g/mol. The van der Waals surface area contributed by atoms with E-state index in [0.29, 0.717) is 22.9 Å². The predicted octanol–water partition coefficient (Wildman–Crippen LogP) is 2.68. The van der Waals surface area contributed by atoms with Gasteiger partial charge in [-0.2, -0.15) is 9.61 Å². The highest BCUT2D eigenvalue weighted by molar-refractivity contribution is 7.17. The molecule has 0 aliphatic heterocycles. The summed E-state index contributed by atoms with van der Waals surface area (Å²) in [5.74, 6) is 1.04. The van der Waals surface area contributed by atoms with E-state index in [0.717, 1.165) is 16.7 Å². The van der Waals surface area contributed by atoms with E-state index in [1.807, 2.05) is 0 Å². The largest absolute Gasteiger partial charge is 0.383 e.